The summed E-state index contributed by atoms with van der Waals surface area (Å²) in [5.41, 5.74) is 1.56. The van der Waals surface area contributed by atoms with Gasteiger partial charge in [0, 0.05) is 18.2 Å². The molecule has 0 radical (unpaired) electrons. The molecule has 0 aliphatic rings. The van der Waals surface area contributed by atoms with E-state index in [1.807, 2.05) is 6.07 Å². The molecule has 20 heavy (non-hydrogen) atoms. The molecule has 0 atom stereocenters. The van der Waals surface area contributed by atoms with Crippen molar-refractivity contribution in [3.05, 3.63) is 47.9 Å². The van der Waals surface area contributed by atoms with E-state index < -0.39 is 0 Å². The average molecular weight is 275 g/mol. The van der Waals surface area contributed by atoms with E-state index in [1.54, 1.807) is 44.9 Å². The smallest absolute Gasteiger partial charge is 0.251 e. The maximum Gasteiger partial charge on any atom is 0.251 e. The van der Waals surface area contributed by atoms with Gasteiger partial charge < -0.3 is 19.2 Å². The SMILES string of the molecule is COc1cc(OC)cc(C(=O)NCCc2ccoc2)c1. The van der Waals surface area contributed by atoms with Crippen LogP contribution in [0, 0.1) is 0 Å². The predicted molar refractivity (Wildman–Crippen MR) is 74.3 cm³/mol. The van der Waals surface area contributed by atoms with Crippen LogP contribution in [0.3, 0.4) is 0 Å². The van der Waals surface area contributed by atoms with Crippen molar-refractivity contribution in [1.29, 1.82) is 0 Å². The lowest BCUT2D eigenvalue weighted by Crippen LogP contribution is -2.25. The van der Waals surface area contributed by atoms with Crippen molar-refractivity contribution in [2.45, 2.75) is 6.42 Å². The second-order valence-electron chi connectivity index (χ2n) is 4.24. The number of hydrogen-bond acceptors (Lipinski definition) is 4. The fourth-order valence-corrected chi connectivity index (χ4v) is 1.80. The summed E-state index contributed by atoms with van der Waals surface area (Å²) >= 11 is 0. The quantitative estimate of drug-likeness (QED) is 0.878. The molecule has 106 valence electrons. The standard InChI is InChI=1S/C15H17NO4/c1-18-13-7-12(8-14(9-13)19-2)15(17)16-5-3-11-4-6-20-10-11/h4,6-10H,3,5H2,1-2H3,(H,16,17). The van der Waals surface area contributed by atoms with Crippen molar-refractivity contribution in [2.75, 3.05) is 20.8 Å². The van der Waals surface area contributed by atoms with Crippen LogP contribution in [0.5, 0.6) is 11.5 Å². The Kier molecular flexibility index (Phi) is 4.65. The Bertz CT molecular complexity index is 541. The molecule has 2 rings (SSSR count). The Morgan fingerprint density at radius 3 is 2.45 bits per heavy atom. The van der Waals surface area contributed by atoms with Gasteiger partial charge in [-0.05, 0) is 30.2 Å². The van der Waals surface area contributed by atoms with Gasteiger partial charge in [-0.3, -0.25) is 4.79 Å². The van der Waals surface area contributed by atoms with Crippen LogP contribution in [0.1, 0.15) is 15.9 Å². The first-order chi connectivity index (χ1) is 9.72. The number of benzene rings is 1. The van der Waals surface area contributed by atoms with Crippen molar-refractivity contribution in [3.63, 3.8) is 0 Å². The Hall–Kier alpha value is -2.43. The molecule has 0 unspecified atom stereocenters. The van der Waals surface area contributed by atoms with E-state index in [4.69, 9.17) is 13.9 Å². The lowest BCUT2D eigenvalue weighted by molar-refractivity contribution is 0.0953. The molecule has 0 saturated carbocycles. The summed E-state index contributed by atoms with van der Waals surface area (Å²) in [7, 11) is 3.10. The fourth-order valence-electron chi connectivity index (χ4n) is 1.80. The summed E-state index contributed by atoms with van der Waals surface area (Å²) in [5.74, 6) is 1.01. The molecule has 0 aliphatic carbocycles. The molecule has 1 N–H and O–H groups in total. The van der Waals surface area contributed by atoms with Crippen molar-refractivity contribution in [2.24, 2.45) is 0 Å². The number of methoxy groups -OCH3 is 2. The van der Waals surface area contributed by atoms with E-state index in [0.29, 0.717) is 23.6 Å². The van der Waals surface area contributed by atoms with E-state index in [0.717, 1.165) is 12.0 Å². The second kappa shape index (κ2) is 6.65. The molecule has 0 spiro atoms. The molecule has 0 fully saturated rings. The van der Waals surface area contributed by atoms with Crippen molar-refractivity contribution in [1.82, 2.24) is 5.32 Å². The van der Waals surface area contributed by atoms with E-state index in [2.05, 4.69) is 5.32 Å². The van der Waals surface area contributed by atoms with Gasteiger partial charge in [0.1, 0.15) is 11.5 Å². The Morgan fingerprint density at radius 2 is 1.90 bits per heavy atom. The average Bonchev–Trinajstić information content (AvgIpc) is 2.99. The molecular weight excluding hydrogens is 258 g/mol. The monoisotopic (exact) mass is 275 g/mol. The molecule has 0 aliphatic heterocycles. The van der Waals surface area contributed by atoms with Gasteiger partial charge >= 0.3 is 0 Å². The highest BCUT2D eigenvalue weighted by atomic mass is 16.5. The number of rotatable bonds is 6. The first-order valence-corrected chi connectivity index (χ1v) is 6.25. The van der Waals surface area contributed by atoms with Crippen LogP contribution in [0.15, 0.2) is 41.2 Å². The normalized spacial score (nSPS) is 10.1. The summed E-state index contributed by atoms with van der Waals surface area (Å²) in [6.45, 7) is 0.540. The van der Waals surface area contributed by atoms with E-state index >= 15 is 0 Å². The number of furan rings is 1. The maximum atomic E-state index is 12.1. The fraction of sp³-hybridized carbons (Fsp3) is 0.267. The van der Waals surface area contributed by atoms with E-state index in [1.165, 1.54) is 0 Å². The summed E-state index contributed by atoms with van der Waals surface area (Å²) in [6, 6.07) is 6.95. The second-order valence-corrected chi connectivity index (χ2v) is 4.24. The molecular formula is C15H17NO4. The summed E-state index contributed by atoms with van der Waals surface area (Å²) < 4.78 is 15.2. The lowest BCUT2D eigenvalue weighted by Gasteiger charge is -2.09. The summed E-state index contributed by atoms with van der Waals surface area (Å²) in [5, 5.41) is 2.85. The highest BCUT2D eigenvalue weighted by Gasteiger charge is 2.09. The molecule has 0 saturated heterocycles. The minimum absolute atomic E-state index is 0.161. The molecule has 1 aromatic carbocycles. The molecule has 5 heteroatoms. The third kappa shape index (κ3) is 3.54. The molecule has 2 aromatic rings. The highest BCUT2D eigenvalue weighted by molar-refractivity contribution is 5.95. The van der Waals surface area contributed by atoms with Gasteiger partial charge in [-0.25, -0.2) is 0 Å². The zero-order valence-electron chi connectivity index (χ0n) is 11.5. The molecule has 1 amide bonds. The van der Waals surface area contributed by atoms with Crippen LogP contribution < -0.4 is 14.8 Å². The minimum Gasteiger partial charge on any atom is -0.497 e. The van der Waals surface area contributed by atoms with Crippen LogP contribution in [-0.2, 0) is 6.42 Å². The molecule has 0 bridgehead atoms. The van der Waals surface area contributed by atoms with Gasteiger partial charge in [0.15, 0.2) is 0 Å². The third-order valence-corrected chi connectivity index (χ3v) is 2.89. The zero-order valence-corrected chi connectivity index (χ0v) is 11.5. The van der Waals surface area contributed by atoms with Gasteiger partial charge in [0.2, 0.25) is 0 Å². The summed E-state index contributed by atoms with van der Waals surface area (Å²) in [4.78, 5) is 12.1. The highest BCUT2D eigenvalue weighted by Crippen LogP contribution is 2.22. The molecule has 1 aromatic heterocycles. The van der Waals surface area contributed by atoms with Crippen LogP contribution in [0.4, 0.5) is 0 Å². The Labute approximate surface area is 117 Å². The van der Waals surface area contributed by atoms with Gasteiger partial charge in [0.25, 0.3) is 5.91 Å². The van der Waals surface area contributed by atoms with E-state index in [9.17, 15) is 4.79 Å². The topological polar surface area (TPSA) is 60.7 Å². The molecule has 5 nitrogen and oxygen atoms in total. The molecule has 1 heterocycles. The van der Waals surface area contributed by atoms with Gasteiger partial charge in [-0.15, -0.1) is 0 Å². The largest absolute Gasteiger partial charge is 0.497 e. The van der Waals surface area contributed by atoms with Crippen molar-refractivity contribution >= 4 is 5.91 Å². The number of hydrogen-bond donors (Lipinski definition) is 1. The first kappa shape index (κ1) is 14.0. The Morgan fingerprint density at radius 1 is 1.20 bits per heavy atom. The Balaban J connectivity index is 1.97. The summed E-state index contributed by atoms with van der Waals surface area (Å²) in [6.07, 6.45) is 4.01. The predicted octanol–water partition coefficient (Wildman–Crippen LogP) is 2.27. The minimum atomic E-state index is -0.161. The number of nitrogens with one attached hydrogen (secondary N) is 1. The van der Waals surface area contributed by atoms with Crippen molar-refractivity contribution in [3.8, 4) is 11.5 Å². The number of carbonyl (C=O) groups excluding carboxylic acids is 1. The maximum absolute atomic E-state index is 12.1. The van der Waals surface area contributed by atoms with Crippen molar-refractivity contribution < 1.29 is 18.7 Å². The van der Waals surface area contributed by atoms with E-state index in [-0.39, 0.29) is 5.91 Å². The first-order valence-electron chi connectivity index (χ1n) is 6.25. The zero-order chi connectivity index (χ0) is 14.4. The number of carbonyl (C=O) groups is 1. The lowest BCUT2D eigenvalue weighted by atomic mass is 10.1. The third-order valence-electron chi connectivity index (χ3n) is 2.89. The van der Waals surface area contributed by atoms with Crippen LogP contribution in [-0.4, -0.2) is 26.7 Å². The number of ether oxygens (including phenoxy) is 2. The van der Waals surface area contributed by atoms with Crippen LogP contribution >= 0.6 is 0 Å². The van der Waals surface area contributed by atoms with Gasteiger partial charge in [0.05, 0.1) is 26.7 Å². The van der Waals surface area contributed by atoms with Gasteiger partial charge in [-0.1, -0.05) is 0 Å². The van der Waals surface area contributed by atoms with Crippen LogP contribution in [0.25, 0.3) is 0 Å². The van der Waals surface area contributed by atoms with Gasteiger partial charge in [-0.2, -0.15) is 0 Å². The number of amides is 1. The van der Waals surface area contributed by atoms with Crippen LogP contribution in [0.2, 0.25) is 0 Å².